The Kier molecular flexibility index (Phi) is 2.90. The SMILES string of the molecule is C[C@H]1CN(c2ccc(CN)cc2)S(=O)(=O)C1. The highest BCUT2D eigenvalue weighted by atomic mass is 32.2. The van der Waals surface area contributed by atoms with Crippen molar-refractivity contribution in [3.05, 3.63) is 29.8 Å². The highest BCUT2D eigenvalue weighted by Crippen LogP contribution is 2.26. The molecular formula is C11H16N2O2S. The Morgan fingerprint density at radius 3 is 2.44 bits per heavy atom. The molecule has 88 valence electrons. The molecule has 0 saturated carbocycles. The molecule has 1 aliphatic heterocycles. The Bertz CT molecular complexity index is 467. The number of rotatable bonds is 2. The van der Waals surface area contributed by atoms with Crippen LogP contribution in [0, 0.1) is 5.92 Å². The van der Waals surface area contributed by atoms with E-state index < -0.39 is 10.0 Å². The van der Waals surface area contributed by atoms with E-state index in [1.165, 1.54) is 4.31 Å². The summed E-state index contributed by atoms with van der Waals surface area (Å²) in [5, 5.41) is 0. The summed E-state index contributed by atoms with van der Waals surface area (Å²) >= 11 is 0. The molecular weight excluding hydrogens is 224 g/mol. The lowest BCUT2D eigenvalue weighted by molar-refractivity contribution is 0.598. The normalized spacial score (nSPS) is 23.6. The maximum atomic E-state index is 11.8. The Morgan fingerprint density at radius 1 is 1.38 bits per heavy atom. The molecule has 1 saturated heterocycles. The lowest BCUT2D eigenvalue weighted by Gasteiger charge is -2.17. The molecule has 4 nitrogen and oxygen atoms in total. The Labute approximate surface area is 96.1 Å². The average Bonchev–Trinajstić information content (AvgIpc) is 2.52. The summed E-state index contributed by atoms with van der Waals surface area (Å²) in [7, 11) is -3.11. The van der Waals surface area contributed by atoms with Crippen molar-refractivity contribution in [2.75, 3.05) is 16.6 Å². The fraction of sp³-hybridized carbons (Fsp3) is 0.455. The standard InChI is InChI=1S/C11H16N2O2S/c1-9-7-13(16(14,15)8-9)11-4-2-10(6-12)3-5-11/h2-5,9H,6-8,12H2,1H3/t9-/m0/s1. The van der Waals surface area contributed by atoms with E-state index in [2.05, 4.69) is 0 Å². The van der Waals surface area contributed by atoms with Crippen LogP contribution in [0.25, 0.3) is 0 Å². The second kappa shape index (κ2) is 4.07. The maximum Gasteiger partial charge on any atom is 0.235 e. The first-order chi connectivity index (χ1) is 7.53. The quantitative estimate of drug-likeness (QED) is 0.836. The van der Waals surface area contributed by atoms with Gasteiger partial charge in [-0.05, 0) is 23.6 Å². The predicted octanol–water partition coefficient (Wildman–Crippen LogP) is 0.931. The minimum atomic E-state index is -3.11. The van der Waals surface area contributed by atoms with E-state index in [1.807, 2.05) is 31.2 Å². The number of anilines is 1. The number of hydrogen-bond donors (Lipinski definition) is 1. The summed E-state index contributed by atoms with van der Waals surface area (Å²) in [6.07, 6.45) is 0. The minimum absolute atomic E-state index is 0.194. The molecule has 1 fully saturated rings. The molecule has 0 aromatic heterocycles. The van der Waals surface area contributed by atoms with Crippen LogP contribution in [0.15, 0.2) is 24.3 Å². The summed E-state index contributed by atoms with van der Waals surface area (Å²) in [6, 6.07) is 7.37. The van der Waals surface area contributed by atoms with Gasteiger partial charge in [0.1, 0.15) is 0 Å². The van der Waals surface area contributed by atoms with E-state index >= 15 is 0 Å². The van der Waals surface area contributed by atoms with Gasteiger partial charge in [-0.2, -0.15) is 0 Å². The van der Waals surface area contributed by atoms with Crippen LogP contribution in [-0.4, -0.2) is 20.7 Å². The summed E-state index contributed by atoms with van der Waals surface area (Å²) in [4.78, 5) is 0. The summed E-state index contributed by atoms with van der Waals surface area (Å²) in [5.41, 5.74) is 7.24. The fourth-order valence-electron chi connectivity index (χ4n) is 1.96. The van der Waals surface area contributed by atoms with E-state index in [4.69, 9.17) is 5.73 Å². The number of nitrogens with two attached hydrogens (primary N) is 1. The smallest absolute Gasteiger partial charge is 0.235 e. The van der Waals surface area contributed by atoms with Crippen molar-refractivity contribution in [2.24, 2.45) is 11.7 Å². The molecule has 0 bridgehead atoms. The Hall–Kier alpha value is -1.07. The van der Waals surface area contributed by atoms with Gasteiger partial charge in [-0.1, -0.05) is 19.1 Å². The number of nitrogens with zero attached hydrogens (tertiary/aromatic N) is 1. The molecule has 0 aliphatic carbocycles. The lowest BCUT2D eigenvalue weighted by atomic mass is 10.2. The first kappa shape index (κ1) is 11.4. The number of sulfonamides is 1. The van der Waals surface area contributed by atoms with Crippen molar-refractivity contribution in [2.45, 2.75) is 13.5 Å². The van der Waals surface area contributed by atoms with E-state index in [9.17, 15) is 8.42 Å². The van der Waals surface area contributed by atoms with Gasteiger partial charge in [0, 0.05) is 13.1 Å². The van der Waals surface area contributed by atoms with Crippen LogP contribution in [0.2, 0.25) is 0 Å². The monoisotopic (exact) mass is 240 g/mol. The van der Waals surface area contributed by atoms with Gasteiger partial charge in [0.25, 0.3) is 0 Å². The van der Waals surface area contributed by atoms with Crippen molar-refractivity contribution in [3.8, 4) is 0 Å². The molecule has 0 amide bonds. The van der Waals surface area contributed by atoms with Gasteiger partial charge in [0.2, 0.25) is 10.0 Å². The molecule has 2 N–H and O–H groups in total. The molecule has 1 atom stereocenters. The molecule has 16 heavy (non-hydrogen) atoms. The molecule has 2 rings (SSSR count). The fourth-order valence-corrected chi connectivity index (χ4v) is 3.89. The molecule has 5 heteroatoms. The van der Waals surface area contributed by atoms with E-state index in [0.717, 1.165) is 11.3 Å². The van der Waals surface area contributed by atoms with Crippen LogP contribution < -0.4 is 10.0 Å². The van der Waals surface area contributed by atoms with E-state index in [-0.39, 0.29) is 11.7 Å². The van der Waals surface area contributed by atoms with Gasteiger partial charge in [0.05, 0.1) is 11.4 Å². The Balaban J connectivity index is 2.30. The van der Waals surface area contributed by atoms with Gasteiger partial charge in [-0.3, -0.25) is 4.31 Å². The number of benzene rings is 1. The van der Waals surface area contributed by atoms with Crippen molar-refractivity contribution in [3.63, 3.8) is 0 Å². The molecule has 1 heterocycles. The lowest BCUT2D eigenvalue weighted by Crippen LogP contribution is -2.25. The minimum Gasteiger partial charge on any atom is -0.326 e. The first-order valence-electron chi connectivity index (χ1n) is 5.32. The highest BCUT2D eigenvalue weighted by molar-refractivity contribution is 7.93. The van der Waals surface area contributed by atoms with Crippen molar-refractivity contribution < 1.29 is 8.42 Å². The van der Waals surface area contributed by atoms with Crippen molar-refractivity contribution >= 4 is 15.7 Å². The van der Waals surface area contributed by atoms with Crippen LogP contribution in [0.5, 0.6) is 0 Å². The van der Waals surface area contributed by atoms with Gasteiger partial charge in [-0.25, -0.2) is 8.42 Å². The van der Waals surface area contributed by atoms with Crippen LogP contribution in [0.1, 0.15) is 12.5 Å². The van der Waals surface area contributed by atoms with Crippen molar-refractivity contribution in [1.29, 1.82) is 0 Å². The van der Waals surface area contributed by atoms with Gasteiger partial charge in [-0.15, -0.1) is 0 Å². The predicted molar refractivity (Wildman–Crippen MR) is 64.6 cm³/mol. The topological polar surface area (TPSA) is 63.4 Å². The largest absolute Gasteiger partial charge is 0.326 e. The molecule has 1 aliphatic rings. The third-order valence-corrected chi connectivity index (χ3v) is 4.79. The average molecular weight is 240 g/mol. The van der Waals surface area contributed by atoms with Gasteiger partial charge < -0.3 is 5.73 Å². The van der Waals surface area contributed by atoms with Crippen LogP contribution in [-0.2, 0) is 16.6 Å². The Morgan fingerprint density at radius 2 is 2.00 bits per heavy atom. The zero-order valence-electron chi connectivity index (χ0n) is 9.26. The third kappa shape index (κ3) is 2.05. The van der Waals surface area contributed by atoms with Crippen LogP contribution in [0.3, 0.4) is 0 Å². The second-order valence-electron chi connectivity index (χ2n) is 4.29. The molecule has 1 aromatic carbocycles. The van der Waals surface area contributed by atoms with Crippen LogP contribution in [0.4, 0.5) is 5.69 Å². The summed E-state index contributed by atoms with van der Waals surface area (Å²) < 4.78 is 25.1. The number of hydrogen-bond acceptors (Lipinski definition) is 3. The summed E-state index contributed by atoms with van der Waals surface area (Å²) in [5.74, 6) is 0.435. The van der Waals surface area contributed by atoms with E-state index in [0.29, 0.717) is 13.1 Å². The zero-order valence-corrected chi connectivity index (χ0v) is 10.1. The molecule has 0 spiro atoms. The highest BCUT2D eigenvalue weighted by Gasteiger charge is 2.33. The van der Waals surface area contributed by atoms with Crippen molar-refractivity contribution in [1.82, 2.24) is 0 Å². The van der Waals surface area contributed by atoms with E-state index in [1.54, 1.807) is 0 Å². The third-order valence-electron chi connectivity index (χ3n) is 2.77. The maximum absolute atomic E-state index is 11.8. The second-order valence-corrected chi connectivity index (χ2v) is 6.22. The van der Waals surface area contributed by atoms with Gasteiger partial charge in [0.15, 0.2) is 0 Å². The molecule has 1 aromatic rings. The molecule has 0 unspecified atom stereocenters. The first-order valence-corrected chi connectivity index (χ1v) is 6.93. The van der Waals surface area contributed by atoms with Crippen LogP contribution >= 0.6 is 0 Å². The molecule has 0 radical (unpaired) electrons. The summed E-state index contributed by atoms with van der Waals surface area (Å²) in [6.45, 7) is 3.00. The van der Waals surface area contributed by atoms with Gasteiger partial charge >= 0.3 is 0 Å². The zero-order chi connectivity index (χ0) is 11.8.